The van der Waals surface area contributed by atoms with Gasteiger partial charge in [-0.3, -0.25) is 4.39 Å². The lowest BCUT2D eigenvalue weighted by atomic mass is 9.64. The second kappa shape index (κ2) is 67.1. The van der Waals surface area contributed by atoms with Gasteiger partial charge in [0.2, 0.25) is 0 Å². The van der Waals surface area contributed by atoms with Crippen LogP contribution in [0.2, 0.25) is 124 Å². The lowest BCUT2D eigenvalue weighted by Gasteiger charge is -2.42. The molecule has 0 heterocycles. The molecule has 0 radical (unpaired) electrons. The van der Waals surface area contributed by atoms with Gasteiger partial charge in [0.25, 0.3) is 5.92 Å². The summed E-state index contributed by atoms with van der Waals surface area (Å²) >= 11 is 0. The Labute approximate surface area is 573 Å². The summed E-state index contributed by atoms with van der Waals surface area (Å²) in [5.74, 6) is 3.04. The van der Waals surface area contributed by atoms with Crippen LogP contribution in [0.4, 0.5) is 17.6 Å². The summed E-state index contributed by atoms with van der Waals surface area (Å²) in [6, 6.07) is 13.2. The van der Waals surface area contributed by atoms with E-state index in [2.05, 4.69) is 207 Å². The van der Waals surface area contributed by atoms with E-state index >= 15 is 0 Å². The summed E-state index contributed by atoms with van der Waals surface area (Å²) in [6.07, 6.45) is 19.0. The number of rotatable bonds is 28. The highest BCUT2D eigenvalue weighted by molar-refractivity contribution is 6.91. The van der Waals surface area contributed by atoms with Crippen LogP contribution in [-0.4, -0.2) is 112 Å². The van der Waals surface area contributed by atoms with E-state index in [9.17, 15) is 17.6 Å². The van der Waals surface area contributed by atoms with Gasteiger partial charge in [-0.25, -0.2) is 13.2 Å². The van der Waals surface area contributed by atoms with Crippen LogP contribution in [0, 0.1) is 46.8 Å². The monoisotopic (exact) mass is 1410 g/mol. The van der Waals surface area contributed by atoms with Crippen LogP contribution in [0.25, 0.3) is 0 Å². The summed E-state index contributed by atoms with van der Waals surface area (Å²) in [4.78, 5) is 0. The molecule has 2 fully saturated rings. The topological polar surface area (TPSA) is 0 Å². The summed E-state index contributed by atoms with van der Waals surface area (Å²) in [6.45, 7) is 66.0. The van der Waals surface area contributed by atoms with E-state index in [1.54, 1.807) is 60.5 Å². The Kier molecular flexibility index (Phi) is 82.4. The SMILES string of the molecule is C.C.C.CCC(C)C(F)(F)CF.CCC(C)[Si](C)(C)C[SiH2]C.CCC(C)[Si](C)(C[SiH2]C)C[SiH2]C.CCC(C)c1ccc([SiH2]C)cc1.CCC1CC(CC)C(CC[SiH2]C)C1.CCCC.C[SiH2]C(C)C.C[SiH2]CC(C)C1CCC(C)(C)C(C)C1.C[SiH2]CCF. The van der Waals surface area contributed by atoms with E-state index in [4.69, 9.17) is 0 Å². The van der Waals surface area contributed by atoms with Crippen molar-refractivity contribution in [1.29, 1.82) is 0 Å². The van der Waals surface area contributed by atoms with Crippen molar-refractivity contribution in [2.45, 2.75) is 372 Å². The molecule has 534 valence electrons. The molecule has 0 N–H and O–H groups in total. The van der Waals surface area contributed by atoms with Crippen molar-refractivity contribution in [2.75, 3.05) is 13.3 Å². The second-order valence-electron chi connectivity index (χ2n) is 29.0. The highest BCUT2D eigenvalue weighted by atomic mass is 28.4. The van der Waals surface area contributed by atoms with E-state index < -0.39 is 34.7 Å². The number of hydrogen-bond donors (Lipinski definition) is 0. The van der Waals surface area contributed by atoms with Crippen molar-refractivity contribution >= 4 is 97.5 Å². The van der Waals surface area contributed by atoms with Gasteiger partial charge in [0, 0.05) is 88.7 Å². The molecule has 0 saturated heterocycles. The third-order valence-electron chi connectivity index (χ3n) is 20.8. The lowest BCUT2D eigenvalue weighted by molar-refractivity contribution is -0.0708. The maximum Gasteiger partial charge on any atom is 0.278 e. The van der Waals surface area contributed by atoms with Crippen LogP contribution < -0.4 is 5.19 Å². The number of halogens is 4. The molecule has 0 bridgehead atoms. The molecular formula is C73H174F4Si10. The number of hydrogen-bond acceptors (Lipinski definition) is 0. The third kappa shape index (κ3) is 56.0. The van der Waals surface area contributed by atoms with Crippen molar-refractivity contribution in [2.24, 2.45) is 46.8 Å². The van der Waals surface area contributed by atoms with Gasteiger partial charge in [-0.1, -0.05) is 328 Å². The summed E-state index contributed by atoms with van der Waals surface area (Å²) in [7, 11) is 0.524. The van der Waals surface area contributed by atoms with Crippen molar-refractivity contribution in [3.8, 4) is 0 Å². The van der Waals surface area contributed by atoms with Crippen molar-refractivity contribution in [3.63, 3.8) is 0 Å². The highest BCUT2D eigenvalue weighted by Gasteiger charge is 2.36. The van der Waals surface area contributed by atoms with Gasteiger partial charge < -0.3 is 0 Å². The first-order valence-electron chi connectivity index (χ1n) is 36.9. The first-order valence-corrected chi connectivity index (χ1v) is 62.0. The molecule has 0 amide bonds. The average molecular weight is 1410 g/mol. The van der Waals surface area contributed by atoms with Crippen LogP contribution in [0.3, 0.4) is 0 Å². The lowest BCUT2D eigenvalue weighted by Crippen LogP contribution is -2.37. The fourth-order valence-electron chi connectivity index (χ4n) is 11.5. The molecule has 10 atom stereocenters. The normalized spacial score (nSPS) is 20.8. The van der Waals surface area contributed by atoms with Crippen LogP contribution >= 0.6 is 0 Å². The highest BCUT2D eigenvalue weighted by Crippen LogP contribution is 2.46. The molecule has 0 aromatic heterocycles. The Bertz CT molecular complexity index is 1480. The average Bonchev–Trinajstić information content (AvgIpc) is 3.91. The molecule has 3 rings (SSSR count). The van der Waals surface area contributed by atoms with Gasteiger partial charge in [0.1, 0.15) is 0 Å². The Morgan fingerprint density at radius 2 is 1.07 bits per heavy atom. The second-order valence-corrected chi connectivity index (χ2v) is 56.2. The van der Waals surface area contributed by atoms with E-state index in [0.29, 0.717) is 59.4 Å². The minimum atomic E-state index is -3.12. The molecule has 0 aliphatic heterocycles. The first-order chi connectivity index (χ1) is 39.3. The summed E-state index contributed by atoms with van der Waals surface area (Å²) in [5.41, 5.74) is 10.3. The number of alkyl halides is 4. The summed E-state index contributed by atoms with van der Waals surface area (Å²) in [5, 5.41) is 1.57. The van der Waals surface area contributed by atoms with Crippen molar-refractivity contribution in [3.05, 3.63) is 29.8 Å². The molecule has 2 aliphatic carbocycles. The number of unbranched alkanes of at least 4 members (excludes halogenated alkanes) is 1. The molecule has 0 spiro atoms. The maximum atomic E-state index is 12.2. The standard InChI is InChI=1S/C13H28Si.C12H26Si.C11H18Si.C9H26Si3.C8H22Si2.C6H11F3.C4H12Si.C4H10.C3H9FSi.3CH4/c1-10(9-14-5)12-6-7-13(3,4)11(2)8-12;1-4-10-8-11(5-2)12(9-10)6-7-13-3;1-4-9(2)10-5-7-11(12-3)8-6-10;1-6-9(2)12(5,7-10-3)8-11-4;1-6-8(2)10(4,5)7-9-3;1-3-5(2)6(8,9)4-7;1-4(2)5-3;1-3-4-2;1-5-3-2-4;;;/h10-12H,6-9,14H2,1-5H3;10-12H,4-9,13H2,1-3H3;5-9H,4,12H2,1-3H3;9H,6-8,10-11H2,1-5H3;8H,6-7,9H2,1-5H3;5H,3-4H2,1-2H3;4H,5H2,1-3H3;3-4H2,1-2H3;2-3,5H2,1H3;3*1H4. The zero-order valence-corrected chi connectivity index (χ0v) is 76.7. The molecule has 0 nitrogen and oxygen atoms in total. The number of benzene rings is 1. The Morgan fingerprint density at radius 3 is 1.37 bits per heavy atom. The predicted octanol–water partition coefficient (Wildman–Crippen LogP) is 22.1. The molecule has 14 heteroatoms. The van der Waals surface area contributed by atoms with E-state index in [1.807, 2.05) is 0 Å². The molecule has 87 heavy (non-hydrogen) atoms. The first kappa shape index (κ1) is 107. The predicted molar refractivity (Wildman–Crippen MR) is 444 cm³/mol. The molecule has 1 aromatic carbocycles. The van der Waals surface area contributed by atoms with Gasteiger partial charge in [-0.2, -0.15) is 0 Å². The van der Waals surface area contributed by atoms with Gasteiger partial charge in [0.05, 0.1) is 16.2 Å². The summed E-state index contributed by atoms with van der Waals surface area (Å²) < 4.78 is 46.8. The van der Waals surface area contributed by atoms with Crippen LogP contribution in [0.5, 0.6) is 0 Å². The van der Waals surface area contributed by atoms with Crippen molar-refractivity contribution < 1.29 is 17.6 Å². The largest absolute Gasteiger partial charge is 0.278 e. The van der Waals surface area contributed by atoms with Gasteiger partial charge >= 0.3 is 0 Å². The molecule has 2 saturated carbocycles. The minimum Gasteiger partial charge on any atom is -0.251 e. The molecule has 2 aliphatic rings. The van der Waals surface area contributed by atoms with E-state index in [1.165, 1.54) is 76.7 Å². The smallest absolute Gasteiger partial charge is 0.251 e. The van der Waals surface area contributed by atoms with Gasteiger partial charge in [-0.15, -0.1) is 0 Å². The maximum absolute atomic E-state index is 12.2. The molecular weight excluding hydrogens is 1230 g/mol. The van der Waals surface area contributed by atoms with Gasteiger partial charge in [-0.05, 0) is 114 Å². The minimum absolute atomic E-state index is 0. The third-order valence-corrected chi connectivity index (χ3v) is 53.5. The Hall–Kier alpha value is 1.11. The van der Waals surface area contributed by atoms with Gasteiger partial charge in [0.15, 0.2) is 6.67 Å². The van der Waals surface area contributed by atoms with E-state index in [-0.39, 0.29) is 57.5 Å². The fraction of sp³-hybridized carbons (Fsp3) is 0.918. The Balaban J connectivity index is -0.000000114. The Morgan fingerprint density at radius 1 is 0.598 bits per heavy atom. The van der Waals surface area contributed by atoms with Crippen LogP contribution in [0.15, 0.2) is 24.3 Å². The quantitative estimate of drug-likeness (QED) is 0.0579. The zero-order chi connectivity index (χ0) is 66.5. The fourth-order valence-corrected chi connectivity index (χ4v) is 40.3. The van der Waals surface area contributed by atoms with E-state index in [0.717, 1.165) is 64.1 Å². The molecule has 10 unspecified atom stereocenters. The van der Waals surface area contributed by atoms with Crippen molar-refractivity contribution in [1.82, 2.24) is 0 Å². The zero-order valence-electron chi connectivity index (χ0n) is 63.4. The van der Waals surface area contributed by atoms with Crippen LogP contribution in [-0.2, 0) is 0 Å². The molecule has 1 aromatic rings. The van der Waals surface area contributed by atoms with Crippen LogP contribution in [0.1, 0.15) is 248 Å².